The van der Waals surface area contributed by atoms with Crippen LogP contribution in [0.5, 0.6) is 11.5 Å². The summed E-state index contributed by atoms with van der Waals surface area (Å²) in [4.78, 5) is 8.65. The van der Waals surface area contributed by atoms with E-state index in [0.29, 0.717) is 54.4 Å². The highest BCUT2D eigenvalue weighted by Gasteiger charge is 2.14. The monoisotopic (exact) mass is 460 g/mol. The maximum Gasteiger partial charge on any atom is 0.162 e. The number of methoxy groups -OCH3 is 1. The van der Waals surface area contributed by atoms with Gasteiger partial charge in [0.05, 0.1) is 30.9 Å². The molecule has 2 N–H and O–H groups in total. The molecule has 1 saturated heterocycles. The maximum absolute atomic E-state index is 13.5. The number of piperidine rings is 1. The molecule has 3 aromatic rings. The molecule has 0 amide bonds. The second-order valence-electron chi connectivity index (χ2n) is 7.57. The quantitative estimate of drug-likeness (QED) is 0.448. The van der Waals surface area contributed by atoms with E-state index in [1.165, 1.54) is 31.3 Å². The van der Waals surface area contributed by atoms with Crippen LogP contribution >= 0.6 is 11.6 Å². The number of anilines is 2. The third-order valence-electron chi connectivity index (χ3n) is 5.32. The molecule has 0 aliphatic carbocycles. The first-order valence-corrected chi connectivity index (χ1v) is 11.0. The second-order valence-corrected chi connectivity index (χ2v) is 7.97. The van der Waals surface area contributed by atoms with Crippen molar-refractivity contribution in [1.82, 2.24) is 15.3 Å². The van der Waals surface area contributed by atoms with Crippen LogP contribution in [0, 0.1) is 5.82 Å². The van der Waals surface area contributed by atoms with Crippen LogP contribution in [0.1, 0.15) is 19.3 Å². The minimum Gasteiger partial charge on any atom is -0.493 e. The summed E-state index contributed by atoms with van der Waals surface area (Å²) in [5.41, 5.74) is 1.29. The van der Waals surface area contributed by atoms with Gasteiger partial charge in [-0.15, -0.1) is 0 Å². The molecule has 4 rings (SSSR count). The van der Waals surface area contributed by atoms with Crippen molar-refractivity contribution in [2.24, 2.45) is 0 Å². The minimum absolute atomic E-state index is 0.0301. The number of hydrogen-bond donors (Lipinski definition) is 2. The lowest BCUT2D eigenvalue weighted by Crippen LogP contribution is -2.37. The van der Waals surface area contributed by atoms with Crippen LogP contribution in [-0.2, 0) is 4.74 Å². The van der Waals surface area contributed by atoms with Crippen molar-refractivity contribution in [2.75, 3.05) is 38.8 Å². The van der Waals surface area contributed by atoms with Gasteiger partial charge in [0, 0.05) is 23.2 Å². The van der Waals surface area contributed by atoms with Crippen molar-refractivity contribution in [1.29, 1.82) is 0 Å². The number of ether oxygens (including phenoxy) is 3. The number of rotatable bonds is 9. The molecule has 0 bridgehead atoms. The van der Waals surface area contributed by atoms with Crippen LogP contribution in [0.4, 0.5) is 15.9 Å². The van der Waals surface area contributed by atoms with Gasteiger partial charge in [-0.05, 0) is 43.7 Å². The molecule has 170 valence electrons. The summed E-state index contributed by atoms with van der Waals surface area (Å²) in [7, 11) is 1.58. The Kier molecular flexibility index (Phi) is 7.57. The number of nitrogens with one attached hydrogen (secondary N) is 2. The largest absolute Gasteiger partial charge is 0.493 e. The summed E-state index contributed by atoms with van der Waals surface area (Å²) in [6.45, 7) is 2.60. The first-order valence-electron chi connectivity index (χ1n) is 10.6. The Labute approximate surface area is 191 Å². The summed E-state index contributed by atoms with van der Waals surface area (Å²) >= 11 is 5.90. The van der Waals surface area contributed by atoms with Gasteiger partial charge in [0.2, 0.25) is 0 Å². The molecule has 1 aliphatic rings. The highest BCUT2D eigenvalue weighted by atomic mass is 35.5. The van der Waals surface area contributed by atoms with E-state index in [1.54, 1.807) is 19.2 Å². The Morgan fingerprint density at radius 2 is 2.06 bits per heavy atom. The van der Waals surface area contributed by atoms with E-state index in [0.717, 1.165) is 18.4 Å². The average Bonchev–Trinajstić information content (AvgIpc) is 2.81. The lowest BCUT2D eigenvalue weighted by molar-refractivity contribution is 0.0770. The molecule has 32 heavy (non-hydrogen) atoms. The van der Waals surface area contributed by atoms with Gasteiger partial charge in [-0.2, -0.15) is 0 Å². The Balaban J connectivity index is 1.45. The van der Waals surface area contributed by atoms with Gasteiger partial charge >= 0.3 is 0 Å². The fraction of sp³-hybridized carbons (Fsp3) is 0.391. The lowest BCUT2D eigenvalue weighted by Gasteiger charge is -2.23. The molecule has 7 nitrogen and oxygen atoms in total. The van der Waals surface area contributed by atoms with Crippen LogP contribution in [0.25, 0.3) is 10.9 Å². The van der Waals surface area contributed by atoms with Crippen LogP contribution in [0.2, 0.25) is 5.02 Å². The molecule has 1 aromatic heterocycles. The van der Waals surface area contributed by atoms with E-state index < -0.39 is 5.82 Å². The molecule has 0 radical (unpaired) electrons. The van der Waals surface area contributed by atoms with Gasteiger partial charge in [-0.3, -0.25) is 0 Å². The summed E-state index contributed by atoms with van der Waals surface area (Å²) in [6, 6.07) is 8.43. The zero-order chi connectivity index (χ0) is 22.3. The number of nitrogens with zero attached hydrogens (tertiary/aromatic N) is 2. The van der Waals surface area contributed by atoms with E-state index in [9.17, 15) is 4.39 Å². The van der Waals surface area contributed by atoms with Crippen LogP contribution in [-0.4, -0.2) is 49.5 Å². The number of fused-ring (bicyclic) bond motifs is 1. The van der Waals surface area contributed by atoms with Gasteiger partial charge in [0.15, 0.2) is 11.5 Å². The molecule has 9 heteroatoms. The molecular weight excluding hydrogens is 435 g/mol. The maximum atomic E-state index is 13.5. The van der Waals surface area contributed by atoms with E-state index in [2.05, 4.69) is 20.6 Å². The van der Waals surface area contributed by atoms with Crippen LogP contribution in [0.3, 0.4) is 0 Å². The Morgan fingerprint density at radius 1 is 1.16 bits per heavy atom. The molecule has 1 fully saturated rings. The lowest BCUT2D eigenvalue weighted by atomic mass is 10.1. The number of halogens is 2. The fourth-order valence-electron chi connectivity index (χ4n) is 3.65. The smallest absolute Gasteiger partial charge is 0.162 e. The highest BCUT2D eigenvalue weighted by molar-refractivity contribution is 6.31. The number of aromatic nitrogens is 2. The summed E-state index contributed by atoms with van der Waals surface area (Å²) in [5, 5.41) is 7.39. The fourth-order valence-corrected chi connectivity index (χ4v) is 3.83. The molecule has 2 aromatic carbocycles. The number of benzene rings is 2. The molecule has 2 heterocycles. The molecule has 0 spiro atoms. The summed E-state index contributed by atoms with van der Waals surface area (Å²) in [6.07, 6.45) is 5.07. The Hall–Kier alpha value is -2.68. The normalized spacial score (nSPS) is 16.2. The Bertz CT molecular complexity index is 1060. The molecule has 0 unspecified atom stereocenters. The van der Waals surface area contributed by atoms with Crippen molar-refractivity contribution in [3.05, 3.63) is 47.5 Å². The second kappa shape index (κ2) is 10.8. The van der Waals surface area contributed by atoms with Crippen LogP contribution in [0.15, 0.2) is 36.7 Å². The van der Waals surface area contributed by atoms with E-state index in [1.807, 2.05) is 6.07 Å². The van der Waals surface area contributed by atoms with E-state index in [-0.39, 0.29) is 5.02 Å². The van der Waals surface area contributed by atoms with Crippen LogP contribution < -0.4 is 20.1 Å². The zero-order valence-corrected chi connectivity index (χ0v) is 18.6. The van der Waals surface area contributed by atoms with Crippen molar-refractivity contribution < 1.29 is 18.6 Å². The topological polar surface area (TPSA) is 77.5 Å². The van der Waals surface area contributed by atoms with Gasteiger partial charge in [0.1, 0.15) is 24.6 Å². The zero-order valence-electron chi connectivity index (χ0n) is 17.9. The third-order valence-corrected chi connectivity index (χ3v) is 5.61. The van der Waals surface area contributed by atoms with Crippen molar-refractivity contribution in [2.45, 2.75) is 25.3 Å². The van der Waals surface area contributed by atoms with Crippen molar-refractivity contribution in [3.63, 3.8) is 0 Å². The first kappa shape index (κ1) is 22.5. The van der Waals surface area contributed by atoms with Crippen molar-refractivity contribution in [3.8, 4) is 11.5 Å². The standard InChI is InChI=1S/C23H26ClFN4O3/c1-30-21-12-20-17(11-22(21)32-9-8-31-13-16-4-2-3-7-26-16)23(28-14-27-20)29-15-5-6-19(25)18(24)10-15/h5-6,10-12,14,16,26H,2-4,7-9,13H2,1H3,(H,27,28,29)/t16-/m0/s1. The summed E-state index contributed by atoms with van der Waals surface area (Å²) in [5.74, 6) is 1.20. The van der Waals surface area contributed by atoms with Crippen molar-refractivity contribution >= 4 is 34.0 Å². The molecule has 1 atom stereocenters. The third kappa shape index (κ3) is 5.56. The minimum atomic E-state index is -0.480. The Morgan fingerprint density at radius 3 is 2.84 bits per heavy atom. The highest BCUT2D eigenvalue weighted by Crippen LogP contribution is 2.35. The van der Waals surface area contributed by atoms with Gasteiger partial charge in [0.25, 0.3) is 0 Å². The summed E-state index contributed by atoms with van der Waals surface area (Å²) < 4.78 is 30.7. The van der Waals surface area contributed by atoms with Gasteiger partial charge in [-0.1, -0.05) is 18.0 Å². The average molecular weight is 461 g/mol. The predicted octanol–water partition coefficient (Wildman–Crippen LogP) is 4.71. The van der Waals surface area contributed by atoms with E-state index >= 15 is 0 Å². The van der Waals surface area contributed by atoms with E-state index in [4.69, 9.17) is 25.8 Å². The van der Waals surface area contributed by atoms with Gasteiger partial charge < -0.3 is 24.8 Å². The molecule has 1 aliphatic heterocycles. The van der Waals surface area contributed by atoms with Gasteiger partial charge in [-0.25, -0.2) is 14.4 Å². The SMILES string of the molecule is COc1cc2ncnc(Nc3ccc(F)c(Cl)c3)c2cc1OCCOC[C@@H]1CCCCN1. The first-order chi connectivity index (χ1) is 15.6. The predicted molar refractivity (Wildman–Crippen MR) is 123 cm³/mol. The number of hydrogen-bond acceptors (Lipinski definition) is 7. The molecule has 0 saturated carbocycles. The molecular formula is C23H26ClFN4O3.